The van der Waals surface area contributed by atoms with E-state index < -0.39 is 12.7 Å². The standard InChI is InChI=1S/C18H32BN3O6/c23-16(14-4-3-8-20-14)27-10-11-28-17(24)18(6-1-2-7-19(25)26)13-5-9-21-15(13)12-22-18/h13-15,20-22,25-26H,1-12H2/t13-,14-,15-,18+/m0/s1. The first kappa shape index (κ1) is 21.5. The SMILES string of the molecule is O=C(OCCOC(=O)[C@]1(CCCCB(O)O)NC[C@@H]2NCC[C@@H]21)[C@@H]1CCCN1. The molecule has 3 saturated heterocycles. The molecule has 3 aliphatic rings. The van der Waals surface area contributed by atoms with Gasteiger partial charge >= 0.3 is 19.1 Å². The number of carbonyl (C=O) groups excluding carboxylic acids is 2. The van der Waals surface area contributed by atoms with E-state index in [1.54, 1.807) is 0 Å². The lowest BCUT2D eigenvalue weighted by Gasteiger charge is -2.32. The zero-order valence-electron chi connectivity index (χ0n) is 16.3. The maximum atomic E-state index is 13.0. The molecule has 158 valence electrons. The summed E-state index contributed by atoms with van der Waals surface area (Å²) < 4.78 is 10.7. The third kappa shape index (κ3) is 5.04. The Morgan fingerprint density at radius 1 is 1.07 bits per heavy atom. The average molecular weight is 397 g/mol. The Kier molecular flexibility index (Phi) is 7.70. The summed E-state index contributed by atoms with van der Waals surface area (Å²) in [6.07, 6.45) is 4.86. The van der Waals surface area contributed by atoms with E-state index >= 15 is 0 Å². The fourth-order valence-corrected chi connectivity index (χ4v) is 4.72. The zero-order valence-corrected chi connectivity index (χ0v) is 16.3. The molecular weight excluding hydrogens is 365 g/mol. The van der Waals surface area contributed by atoms with Crippen LogP contribution >= 0.6 is 0 Å². The van der Waals surface area contributed by atoms with Gasteiger partial charge in [-0.2, -0.15) is 0 Å². The van der Waals surface area contributed by atoms with Crippen molar-refractivity contribution in [2.75, 3.05) is 32.8 Å². The van der Waals surface area contributed by atoms with Crippen LogP contribution in [0.15, 0.2) is 0 Å². The van der Waals surface area contributed by atoms with Crippen LogP contribution in [-0.4, -0.2) is 79.6 Å². The molecule has 3 heterocycles. The van der Waals surface area contributed by atoms with Crippen LogP contribution in [-0.2, 0) is 19.1 Å². The molecule has 0 saturated carbocycles. The highest BCUT2D eigenvalue weighted by Crippen LogP contribution is 2.38. The van der Waals surface area contributed by atoms with E-state index in [2.05, 4.69) is 16.0 Å². The normalized spacial score (nSPS) is 31.6. The van der Waals surface area contributed by atoms with Gasteiger partial charge in [-0.1, -0.05) is 12.8 Å². The first-order valence-electron chi connectivity index (χ1n) is 10.4. The minimum Gasteiger partial charge on any atom is -0.461 e. The van der Waals surface area contributed by atoms with Crippen molar-refractivity contribution in [1.29, 1.82) is 0 Å². The highest BCUT2D eigenvalue weighted by atomic mass is 16.6. The molecule has 4 atom stereocenters. The van der Waals surface area contributed by atoms with Gasteiger partial charge in [0, 0.05) is 18.5 Å². The fraction of sp³-hybridized carbons (Fsp3) is 0.889. The number of hydrogen-bond donors (Lipinski definition) is 5. The van der Waals surface area contributed by atoms with Crippen LogP contribution in [0.1, 0.15) is 38.5 Å². The molecule has 0 amide bonds. The largest absolute Gasteiger partial charge is 0.461 e. The molecule has 0 aromatic rings. The number of rotatable bonds is 10. The Hall–Kier alpha value is -1.20. The molecule has 3 rings (SSSR count). The van der Waals surface area contributed by atoms with Crippen LogP contribution in [0.5, 0.6) is 0 Å². The predicted molar refractivity (Wildman–Crippen MR) is 102 cm³/mol. The van der Waals surface area contributed by atoms with E-state index in [4.69, 9.17) is 19.5 Å². The average Bonchev–Trinajstić information content (AvgIpc) is 3.40. The molecule has 28 heavy (non-hydrogen) atoms. The van der Waals surface area contributed by atoms with E-state index in [0.717, 1.165) is 32.4 Å². The second-order valence-electron chi connectivity index (χ2n) is 7.99. The van der Waals surface area contributed by atoms with Gasteiger partial charge in [0.2, 0.25) is 0 Å². The lowest BCUT2D eigenvalue weighted by molar-refractivity contribution is -0.159. The minimum atomic E-state index is -1.32. The Balaban J connectivity index is 1.48. The highest BCUT2D eigenvalue weighted by molar-refractivity contribution is 6.40. The second kappa shape index (κ2) is 10.0. The number of ether oxygens (including phenoxy) is 2. The molecule has 3 aliphatic heterocycles. The van der Waals surface area contributed by atoms with Gasteiger partial charge in [0.1, 0.15) is 24.8 Å². The molecule has 0 aliphatic carbocycles. The molecular formula is C18H32BN3O6. The third-order valence-electron chi connectivity index (χ3n) is 6.17. The van der Waals surface area contributed by atoms with Gasteiger partial charge in [-0.05, 0) is 45.1 Å². The number of hydrogen-bond acceptors (Lipinski definition) is 9. The third-order valence-corrected chi connectivity index (χ3v) is 6.17. The summed E-state index contributed by atoms with van der Waals surface area (Å²) in [6.45, 7) is 2.52. The predicted octanol–water partition coefficient (Wildman–Crippen LogP) is -1.21. The number of nitrogens with one attached hydrogen (secondary N) is 3. The van der Waals surface area contributed by atoms with Crippen LogP contribution in [0.25, 0.3) is 0 Å². The van der Waals surface area contributed by atoms with Gasteiger partial charge in [-0.15, -0.1) is 0 Å². The van der Waals surface area contributed by atoms with Crippen molar-refractivity contribution in [2.24, 2.45) is 5.92 Å². The molecule has 0 aromatic heterocycles. The molecule has 0 aromatic carbocycles. The Bertz CT molecular complexity index is 545. The molecule has 5 N–H and O–H groups in total. The van der Waals surface area contributed by atoms with E-state index in [0.29, 0.717) is 32.1 Å². The van der Waals surface area contributed by atoms with Gasteiger partial charge < -0.3 is 35.5 Å². The molecule has 0 bridgehead atoms. The highest BCUT2D eigenvalue weighted by Gasteiger charge is 2.55. The Morgan fingerprint density at radius 2 is 1.89 bits per heavy atom. The van der Waals surface area contributed by atoms with E-state index in [1.807, 2.05) is 0 Å². The number of unbranched alkanes of at least 4 members (excludes halogenated alkanes) is 1. The van der Waals surface area contributed by atoms with Crippen LogP contribution in [0.2, 0.25) is 6.32 Å². The van der Waals surface area contributed by atoms with Crippen LogP contribution in [0, 0.1) is 5.92 Å². The van der Waals surface area contributed by atoms with Crippen molar-refractivity contribution < 1.29 is 29.1 Å². The van der Waals surface area contributed by atoms with Gasteiger partial charge in [0.05, 0.1) is 0 Å². The van der Waals surface area contributed by atoms with Crippen LogP contribution in [0.3, 0.4) is 0 Å². The molecule has 10 heteroatoms. The topological polar surface area (TPSA) is 129 Å². The van der Waals surface area contributed by atoms with E-state index in [1.165, 1.54) is 0 Å². The maximum Gasteiger partial charge on any atom is 0.451 e. The van der Waals surface area contributed by atoms with Crippen molar-refractivity contribution in [3.05, 3.63) is 0 Å². The summed E-state index contributed by atoms with van der Waals surface area (Å²) in [5.41, 5.74) is -0.758. The van der Waals surface area contributed by atoms with Gasteiger partial charge in [-0.25, -0.2) is 0 Å². The fourth-order valence-electron chi connectivity index (χ4n) is 4.72. The van der Waals surface area contributed by atoms with Gasteiger partial charge in [0.15, 0.2) is 0 Å². The minimum absolute atomic E-state index is 0.0426. The van der Waals surface area contributed by atoms with Crippen molar-refractivity contribution in [2.45, 2.75) is 62.5 Å². The molecule has 0 unspecified atom stereocenters. The first-order valence-corrected chi connectivity index (χ1v) is 10.4. The maximum absolute atomic E-state index is 13.0. The van der Waals surface area contributed by atoms with Crippen LogP contribution < -0.4 is 16.0 Å². The lowest BCUT2D eigenvalue weighted by atomic mass is 9.77. The smallest absolute Gasteiger partial charge is 0.451 e. The van der Waals surface area contributed by atoms with E-state index in [-0.39, 0.29) is 43.2 Å². The summed E-state index contributed by atoms with van der Waals surface area (Å²) in [4.78, 5) is 24.9. The second-order valence-corrected chi connectivity index (χ2v) is 7.99. The van der Waals surface area contributed by atoms with Crippen molar-refractivity contribution in [1.82, 2.24) is 16.0 Å². The molecule has 3 fully saturated rings. The molecule has 9 nitrogen and oxygen atoms in total. The summed E-state index contributed by atoms with van der Waals surface area (Å²) in [6, 6.07) is 0.00740. The molecule has 0 spiro atoms. The van der Waals surface area contributed by atoms with Gasteiger partial charge in [0.25, 0.3) is 0 Å². The summed E-state index contributed by atoms with van der Waals surface area (Å²) in [5.74, 6) is -0.433. The monoisotopic (exact) mass is 397 g/mol. The summed E-state index contributed by atoms with van der Waals surface area (Å²) >= 11 is 0. The quantitative estimate of drug-likeness (QED) is 0.175. The lowest BCUT2D eigenvalue weighted by Crippen LogP contribution is -2.53. The first-order chi connectivity index (χ1) is 13.5. The van der Waals surface area contributed by atoms with E-state index in [9.17, 15) is 9.59 Å². The number of fused-ring (bicyclic) bond motifs is 1. The Labute approximate surface area is 166 Å². The van der Waals surface area contributed by atoms with Crippen molar-refractivity contribution >= 4 is 19.1 Å². The zero-order chi connectivity index (χ0) is 20.0. The van der Waals surface area contributed by atoms with Crippen molar-refractivity contribution in [3.63, 3.8) is 0 Å². The van der Waals surface area contributed by atoms with Crippen molar-refractivity contribution in [3.8, 4) is 0 Å². The number of carbonyl (C=O) groups is 2. The summed E-state index contributed by atoms with van der Waals surface area (Å²) in [7, 11) is -1.32. The Morgan fingerprint density at radius 3 is 2.64 bits per heavy atom. The van der Waals surface area contributed by atoms with Crippen LogP contribution in [0.4, 0.5) is 0 Å². The van der Waals surface area contributed by atoms with Gasteiger partial charge in [-0.3, -0.25) is 9.59 Å². The summed E-state index contributed by atoms with van der Waals surface area (Å²) in [5, 5.41) is 27.9. The molecule has 0 radical (unpaired) electrons. The number of esters is 2.